The molecule has 0 saturated heterocycles. The molecule has 0 atom stereocenters. The normalized spacial score (nSPS) is 9.50. The van der Waals surface area contributed by atoms with Crippen molar-refractivity contribution in [1.29, 1.82) is 0 Å². The molecular weight excluding hydrogens is 341 g/mol. The van der Waals surface area contributed by atoms with Crippen LogP contribution in [0, 0.1) is 13.7 Å². The first-order valence-electron chi connectivity index (χ1n) is 2.87. The number of hydrogen-bond acceptors (Lipinski definition) is 3. The Hall–Kier alpha value is -0.370. The molecule has 0 unspecified atom stereocenters. The van der Waals surface area contributed by atoms with Gasteiger partial charge in [0.25, 0.3) is 5.09 Å². The highest BCUT2D eigenvalue weighted by Gasteiger charge is 2.04. The van der Waals surface area contributed by atoms with Crippen LogP contribution in [0.15, 0.2) is 22.7 Å². The molecule has 0 aliphatic carbocycles. The van der Waals surface area contributed by atoms with Crippen LogP contribution in [0.1, 0.15) is 0 Å². The van der Waals surface area contributed by atoms with Crippen LogP contribution in [0.2, 0.25) is 0 Å². The molecular formula is C6H3BrINO3. The van der Waals surface area contributed by atoms with Crippen molar-refractivity contribution in [3.05, 3.63) is 36.4 Å². The van der Waals surface area contributed by atoms with Crippen molar-refractivity contribution in [3.63, 3.8) is 0 Å². The Bertz CT molecular complexity index is 318. The predicted molar refractivity (Wildman–Crippen MR) is 54.5 cm³/mol. The van der Waals surface area contributed by atoms with Crippen molar-refractivity contribution in [1.82, 2.24) is 0 Å². The van der Waals surface area contributed by atoms with Crippen molar-refractivity contribution in [3.8, 4) is 5.75 Å². The molecule has 0 fully saturated rings. The zero-order valence-electron chi connectivity index (χ0n) is 5.66. The third-order valence-corrected chi connectivity index (χ3v) is 2.39. The minimum Gasteiger partial charge on any atom is -0.275 e. The van der Waals surface area contributed by atoms with E-state index in [4.69, 9.17) is 0 Å². The maximum Gasteiger partial charge on any atom is 0.299 e. The van der Waals surface area contributed by atoms with E-state index in [2.05, 4.69) is 20.8 Å². The lowest BCUT2D eigenvalue weighted by molar-refractivity contribution is -0.711. The monoisotopic (exact) mass is 343 g/mol. The van der Waals surface area contributed by atoms with E-state index in [1.807, 2.05) is 28.7 Å². The van der Waals surface area contributed by atoms with Gasteiger partial charge in [0.15, 0.2) is 0 Å². The largest absolute Gasteiger partial charge is 0.299 e. The minimum atomic E-state index is -0.837. The summed E-state index contributed by atoms with van der Waals surface area (Å²) >= 11 is 5.17. The second kappa shape index (κ2) is 4.04. The highest BCUT2D eigenvalue weighted by molar-refractivity contribution is 14.1. The molecule has 4 nitrogen and oxygen atoms in total. The molecule has 0 N–H and O–H groups in total. The molecule has 0 aromatic heterocycles. The van der Waals surface area contributed by atoms with Gasteiger partial charge in [-0.15, -0.1) is 10.1 Å². The first-order chi connectivity index (χ1) is 5.59. The maximum absolute atomic E-state index is 9.99. The van der Waals surface area contributed by atoms with E-state index < -0.39 is 5.09 Å². The molecule has 1 aromatic rings. The Morgan fingerprint density at radius 2 is 2.25 bits per heavy atom. The van der Waals surface area contributed by atoms with E-state index in [0.29, 0.717) is 4.47 Å². The van der Waals surface area contributed by atoms with E-state index in [-0.39, 0.29) is 5.75 Å². The van der Waals surface area contributed by atoms with E-state index in [9.17, 15) is 10.1 Å². The molecule has 0 aliphatic heterocycles. The smallest absolute Gasteiger partial charge is 0.275 e. The highest BCUT2D eigenvalue weighted by Crippen LogP contribution is 2.26. The SMILES string of the molecule is O=[N+]([O-])Oc1cc(I)ccc1Br. The standard InChI is InChI=1S/C6H3BrINO3/c7-5-2-1-4(8)3-6(5)12-9(10)11/h1-3H. The summed E-state index contributed by atoms with van der Waals surface area (Å²) in [5, 5.41) is 9.16. The number of hydrogen-bond donors (Lipinski definition) is 0. The summed E-state index contributed by atoms with van der Waals surface area (Å²) in [7, 11) is 0. The van der Waals surface area contributed by atoms with Crippen molar-refractivity contribution in [2.75, 3.05) is 0 Å². The number of halogens is 2. The molecule has 1 rings (SSSR count). The molecule has 0 heterocycles. The summed E-state index contributed by atoms with van der Waals surface area (Å²) < 4.78 is 1.45. The van der Waals surface area contributed by atoms with E-state index >= 15 is 0 Å². The Morgan fingerprint density at radius 3 is 2.83 bits per heavy atom. The van der Waals surface area contributed by atoms with Crippen LogP contribution < -0.4 is 4.84 Å². The lowest BCUT2D eigenvalue weighted by Gasteiger charge is -2.00. The lowest BCUT2D eigenvalue weighted by atomic mass is 10.3. The van der Waals surface area contributed by atoms with Crippen molar-refractivity contribution in [2.45, 2.75) is 0 Å². The average Bonchev–Trinajstić information content (AvgIpc) is 1.96. The summed E-state index contributed by atoms with van der Waals surface area (Å²) in [6.45, 7) is 0. The van der Waals surface area contributed by atoms with Crippen LogP contribution in [0.25, 0.3) is 0 Å². The fourth-order valence-electron chi connectivity index (χ4n) is 0.627. The summed E-state index contributed by atoms with van der Waals surface area (Å²) in [6, 6.07) is 5.09. The van der Waals surface area contributed by atoms with Gasteiger partial charge in [-0.3, -0.25) is 4.84 Å². The molecule has 1 aromatic carbocycles. The lowest BCUT2D eigenvalue weighted by Crippen LogP contribution is -2.03. The number of rotatable bonds is 2. The first-order valence-corrected chi connectivity index (χ1v) is 4.74. The fourth-order valence-corrected chi connectivity index (χ4v) is 1.41. The third-order valence-electron chi connectivity index (χ3n) is 1.07. The Morgan fingerprint density at radius 1 is 1.58 bits per heavy atom. The van der Waals surface area contributed by atoms with E-state index in [0.717, 1.165) is 3.57 Å². The third kappa shape index (κ3) is 2.59. The minimum absolute atomic E-state index is 0.215. The van der Waals surface area contributed by atoms with Crippen LogP contribution in [-0.2, 0) is 0 Å². The zero-order valence-corrected chi connectivity index (χ0v) is 9.40. The summed E-state index contributed by atoms with van der Waals surface area (Å²) in [6.07, 6.45) is 0. The summed E-state index contributed by atoms with van der Waals surface area (Å²) in [4.78, 5) is 14.3. The molecule has 12 heavy (non-hydrogen) atoms. The van der Waals surface area contributed by atoms with Gasteiger partial charge in [-0.05, 0) is 56.7 Å². The maximum atomic E-state index is 9.99. The Balaban J connectivity index is 2.97. The second-order valence-electron chi connectivity index (χ2n) is 1.89. The highest BCUT2D eigenvalue weighted by atomic mass is 127. The molecule has 6 heteroatoms. The number of nitrogens with zero attached hydrogens (tertiary/aromatic N) is 1. The van der Waals surface area contributed by atoms with E-state index in [1.165, 1.54) is 0 Å². The topological polar surface area (TPSA) is 52.4 Å². The van der Waals surface area contributed by atoms with Crippen molar-refractivity contribution in [2.24, 2.45) is 0 Å². The first kappa shape index (κ1) is 9.72. The van der Waals surface area contributed by atoms with Gasteiger partial charge in [-0.1, -0.05) is 0 Å². The van der Waals surface area contributed by atoms with Gasteiger partial charge in [0.2, 0.25) is 0 Å². The van der Waals surface area contributed by atoms with Crippen LogP contribution in [0.3, 0.4) is 0 Å². The Labute approximate surface area is 90.3 Å². The molecule has 64 valence electrons. The molecule has 0 bridgehead atoms. The fraction of sp³-hybridized carbons (Fsp3) is 0. The Kier molecular flexibility index (Phi) is 3.27. The predicted octanol–water partition coefficient (Wildman–Crippen LogP) is 2.62. The van der Waals surface area contributed by atoms with Crippen LogP contribution >= 0.6 is 38.5 Å². The van der Waals surface area contributed by atoms with Crippen LogP contribution in [-0.4, -0.2) is 5.09 Å². The number of benzene rings is 1. The molecule has 0 amide bonds. The van der Waals surface area contributed by atoms with Gasteiger partial charge in [0.1, 0.15) is 5.75 Å². The van der Waals surface area contributed by atoms with Gasteiger partial charge in [-0.25, -0.2) is 0 Å². The summed E-state index contributed by atoms with van der Waals surface area (Å²) in [5.74, 6) is 0.215. The van der Waals surface area contributed by atoms with Gasteiger partial charge in [-0.2, -0.15) is 0 Å². The molecule has 0 aliphatic rings. The van der Waals surface area contributed by atoms with Gasteiger partial charge in [0, 0.05) is 8.04 Å². The van der Waals surface area contributed by atoms with Gasteiger partial charge >= 0.3 is 0 Å². The molecule has 0 spiro atoms. The van der Waals surface area contributed by atoms with Crippen LogP contribution in [0.5, 0.6) is 5.75 Å². The van der Waals surface area contributed by atoms with Gasteiger partial charge < -0.3 is 0 Å². The average molecular weight is 344 g/mol. The van der Waals surface area contributed by atoms with Crippen molar-refractivity contribution >= 4 is 38.5 Å². The zero-order chi connectivity index (χ0) is 9.14. The van der Waals surface area contributed by atoms with Crippen molar-refractivity contribution < 1.29 is 9.92 Å². The second-order valence-corrected chi connectivity index (χ2v) is 3.99. The van der Waals surface area contributed by atoms with Gasteiger partial charge in [0.05, 0.1) is 0 Å². The van der Waals surface area contributed by atoms with Crippen LogP contribution in [0.4, 0.5) is 0 Å². The molecule has 0 radical (unpaired) electrons. The summed E-state index contributed by atoms with van der Waals surface area (Å²) in [5.41, 5.74) is 0. The molecule has 0 saturated carbocycles. The quantitative estimate of drug-likeness (QED) is 0.471. The van der Waals surface area contributed by atoms with E-state index in [1.54, 1.807) is 12.1 Å².